The van der Waals surface area contributed by atoms with Crippen LogP contribution in [0.25, 0.3) is 0 Å². The van der Waals surface area contributed by atoms with Crippen LogP contribution in [0.4, 0.5) is 15.8 Å². The minimum absolute atomic E-state index is 0.0107. The van der Waals surface area contributed by atoms with E-state index in [1.165, 1.54) is 12.1 Å². The second-order valence-electron chi connectivity index (χ2n) is 7.23. The van der Waals surface area contributed by atoms with Gasteiger partial charge in [0.05, 0.1) is 23.3 Å². The lowest BCUT2D eigenvalue weighted by molar-refractivity contribution is -0.384. The highest BCUT2D eigenvalue weighted by molar-refractivity contribution is 5.99. The number of benzene rings is 2. The first kappa shape index (κ1) is 21.2. The summed E-state index contributed by atoms with van der Waals surface area (Å²) in [6.45, 7) is 2.95. The Labute approximate surface area is 172 Å². The number of rotatable bonds is 5. The third-order valence-electron chi connectivity index (χ3n) is 5.01. The number of nitro benzene ring substituents is 1. The van der Waals surface area contributed by atoms with Crippen molar-refractivity contribution in [2.45, 2.75) is 25.8 Å². The van der Waals surface area contributed by atoms with Gasteiger partial charge in [0.15, 0.2) is 0 Å². The Morgan fingerprint density at radius 2 is 1.97 bits per heavy atom. The smallest absolute Gasteiger partial charge is 0.338 e. The van der Waals surface area contributed by atoms with E-state index in [4.69, 9.17) is 0 Å². The lowest BCUT2D eigenvalue weighted by Gasteiger charge is -2.35. The average molecular weight is 415 g/mol. The highest BCUT2D eigenvalue weighted by atomic mass is 19.1. The maximum Gasteiger partial charge on any atom is 0.338 e. The molecule has 0 spiro atoms. The summed E-state index contributed by atoms with van der Waals surface area (Å²) in [5, 5.41) is 14.0. The van der Waals surface area contributed by atoms with Gasteiger partial charge in [0, 0.05) is 36.8 Å². The number of halogens is 1. The van der Waals surface area contributed by atoms with Crippen LogP contribution in [0, 0.1) is 22.9 Å². The van der Waals surface area contributed by atoms with Crippen LogP contribution in [0.5, 0.6) is 0 Å². The molecule has 1 saturated heterocycles. The van der Waals surface area contributed by atoms with E-state index in [0.29, 0.717) is 25.2 Å². The Kier molecular flexibility index (Phi) is 6.29. The quantitative estimate of drug-likeness (QED) is 0.457. The zero-order valence-corrected chi connectivity index (χ0v) is 16.7. The standard InChI is InChI=1S/C21H22FN3O5/c1-13-5-6-18(22)19(8-13)24-7-3-4-16(12-24)23-20(26)14-9-15(21(27)30-2)11-17(10-14)25(28)29/h5-6,8-11,16H,3-4,7,12H2,1-2H3,(H,23,26). The molecule has 0 aliphatic carbocycles. The molecule has 158 valence electrons. The van der Waals surface area contributed by atoms with E-state index < -0.39 is 16.8 Å². The lowest BCUT2D eigenvalue weighted by Crippen LogP contribution is -2.48. The van der Waals surface area contributed by atoms with Gasteiger partial charge in [-0.2, -0.15) is 0 Å². The normalized spacial score (nSPS) is 16.1. The van der Waals surface area contributed by atoms with E-state index in [2.05, 4.69) is 10.1 Å². The van der Waals surface area contributed by atoms with Gasteiger partial charge < -0.3 is 15.0 Å². The number of methoxy groups -OCH3 is 1. The third-order valence-corrected chi connectivity index (χ3v) is 5.01. The summed E-state index contributed by atoms with van der Waals surface area (Å²) in [5.41, 5.74) is 0.948. The second kappa shape index (κ2) is 8.89. The van der Waals surface area contributed by atoms with Crippen molar-refractivity contribution in [2.24, 2.45) is 0 Å². The Hall–Kier alpha value is -3.49. The summed E-state index contributed by atoms with van der Waals surface area (Å²) < 4.78 is 18.8. The summed E-state index contributed by atoms with van der Waals surface area (Å²) >= 11 is 0. The van der Waals surface area contributed by atoms with Gasteiger partial charge in [-0.25, -0.2) is 9.18 Å². The zero-order chi connectivity index (χ0) is 21.8. The minimum atomic E-state index is -0.772. The minimum Gasteiger partial charge on any atom is -0.465 e. The van der Waals surface area contributed by atoms with Crippen molar-refractivity contribution >= 4 is 23.3 Å². The van der Waals surface area contributed by atoms with Gasteiger partial charge in [0.2, 0.25) is 0 Å². The molecule has 2 aromatic rings. The fourth-order valence-electron chi connectivity index (χ4n) is 3.53. The number of anilines is 1. The second-order valence-corrected chi connectivity index (χ2v) is 7.23. The monoisotopic (exact) mass is 415 g/mol. The van der Waals surface area contributed by atoms with Crippen LogP contribution in [-0.4, -0.2) is 43.0 Å². The van der Waals surface area contributed by atoms with Gasteiger partial charge in [-0.05, 0) is 43.5 Å². The molecule has 1 aliphatic rings. The number of amides is 1. The molecule has 0 aromatic heterocycles. The van der Waals surface area contributed by atoms with Gasteiger partial charge in [-0.15, -0.1) is 0 Å². The number of hydrogen-bond acceptors (Lipinski definition) is 6. The first-order chi connectivity index (χ1) is 14.3. The fourth-order valence-corrected chi connectivity index (χ4v) is 3.53. The number of hydrogen-bond donors (Lipinski definition) is 1. The first-order valence-corrected chi connectivity index (χ1v) is 9.48. The molecule has 1 fully saturated rings. The highest BCUT2D eigenvalue weighted by Gasteiger charge is 2.25. The molecule has 1 amide bonds. The van der Waals surface area contributed by atoms with Crippen LogP contribution in [0.3, 0.4) is 0 Å². The Bertz CT molecular complexity index is 995. The van der Waals surface area contributed by atoms with Crippen molar-refractivity contribution in [3.63, 3.8) is 0 Å². The molecule has 1 N–H and O–H groups in total. The molecule has 3 rings (SSSR count). The van der Waals surface area contributed by atoms with E-state index in [1.54, 1.807) is 12.1 Å². The number of piperidine rings is 1. The number of nitrogens with zero attached hydrogens (tertiary/aromatic N) is 2. The molecule has 0 bridgehead atoms. The predicted molar refractivity (Wildman–Crippen MR) is 108 cm³/mol. The van der Waals surface area contributed by atoms with Crippen molar-refractivity contribution in [3.8, 4) is 0 Å². The Balaban J connectivity index is 1.78. The van der Waals surface area contributed by atoms with Gasteiger partial charge in [-0.3, -0.25) is 14.9 Å². The Morgan fingerprint density at radius 1 is 1.23 bits per heavy atom. The third kappa shape index (κ3) is 4.73. The van der Waals surface area contributed by atoms with Crippen LogP contribution in [0.15, 0.2) is 36.4 Å². The zero-order valence-electron chi connectivity index (χ0n) is 16.7. The van der Waals surface area contributed by atoms with Crippen molar-refractivity contribution in [2.75, 3.05) is 25.1 Å². The van der Waals surface area contributed by atoms with Crippen LogP contribution in [0.2, 0.25) is 0 Å². The van der Waals surface area contributed by atoms with Gasteiger partial charge in [0.1, 0.15) is 5.82 Å². The molecule has 1 heterocycles. The van der Waals surface area contributed by atoms with E-state index in [1.807, 2.05) is 11.8 Å². The molecule has 0 saturated carbocycles. The van der Waals surface area contributed by atoms with Crippen LogP contribution in [-0.2, 0) is 4.74 Å². The van der Waals surface area contributed by atoms with Crippen molar-refractivity contribution in [1.29, 1.82) is 0 Å². The van der Waals surface area contributed by atoms with Gasteiger partial charge >= 0.3 is 5.97 Å². The molecule has 8 nitrogen and oxygen atoms in total. The number of carbonyl (C=O) groups excluding carboxylic acids is 2. The number of nitro groups is 1. The summed E-state index contributed by atoms with van der Waals surface area (Å²) in [6, 6.07) is 8.05. The summed E-state index contributed by atoms with van der Waals surface area (Å²) in [7, 11) is 1.15. The van der Waals surface area contributed by atoms with Crippen molar-refractivity contribution in [1.82, 2.24) is 5.32 Å². The van der Waals surface area contributed by atoms with Crippen molar-refractivity contribution in [3.05, 3.63) is 69.0 Å². The predicted octanol–water partition coefficient (Wildman–Crippen LogP) is 3.23. The Morgan fingerprint density at radius 3 is 2.67 bits per heavy atom. The van der Waals surface area contributed by atoms with E-state index in [-0.39, 0.29) is 28.7 Å². The molecule has 9 heteroatoms. The van der Waals surface area contributed by atoms with E-state index in [0.717, 1.165) is 31.2 Å². The molecule has 0 radical (unpaired) electrons. The van der Waals surface area contributed by atoms with Crippen LogP contribution in [0.1, 0.15) is 39.1 Å². The molecular weight excluding hydrogens is 393 g/mol. The molecule has 1 unspecified atom stereocenters. The summed E-state index contributed by atoms with van der Waals surface area (Å²) in [6.07, 6.45) is 1.44. The maximum absolute atomic E-state index is 14.2. The number of esters is 1. The number of nitrogens with one attached hydrogen (secondary N) is 1. The lowest BCUT2D eigenvalue weighted by atomic mass is 10.0. The molecule has 2 aromatic carbocycles. The van der Waals surface area contributed by atoms with E-state index >= 15 is 0 Å². The van der Waals surface area contributed by atoms with Crippen LogP contribution < -0.4 is 10.2 Å². The molecule has 30 heavy (non-hydrogen) atoms. The number of non-ortho nitro benzene ring substituents is 1. The maximum atomic E-state index is 14.2. The molecular formula is C21H22FN3O5. The molecule has 1 aliphatic heterocycles. The van der Waals surface area contributed by atoms with Gasteiger partial charge in [0.25, 0.3) is 11.6 Å². The SMILES string of the molecule is COC(=O)c1cc(C(=O)NC2CCCN(c3cc(C)ccc3F)C2)cc([N+](=O)[O-])c1. The van der Waals surface area contributed by atoms with Crippen LogP contribution >= 0.6 is 0 Å². The van der Waals surface area contributed by atoms with Crippen molar-refractivity contribution < 1.29 is 23.6 Å². The summed E-state index contributed by atoms with van der Waals surface area (Å²) in [5.74, 6) is -1.64. The largest absolute Gasteiger partial charge is 0.465 e. The topological polar surface area (TPSA) is 102 Å². The number of ether oxygens (including phenoxy) is 1. The first-order valence-electron chi connectivity index (χ1n) is 9.48. The van der Waals surface area contributed by atoms with Gasteiger partial charge in [-0.1, -0.05) is 6.07 Å². The van der Waals surface area contributed by atoms with E-state index in [9.17, 15) is 24.1 Å². The number of aryl methyl sites for hydroxylation is 1. The number of carbonyl (C=O) groups is 2. The average Bonchev–Trinajstić information content (AvgIpc) is 2.74. The summed E-state index contributed by atoms with van der Waals surface area (Å²) in [4.78, 5) is 36.9. The fraction of sp³-hybridized carbons (Fsp3) is 0.333. The highest BCUT2D eigenvalue weighted by Crippen LogP contribution is 2.25. The molecule has 1 atom stereocenters.